The molecule has 0 aromatic heterocycles. The number of hydrogen-bond donors (Lipinski definition) is 4. The SMILES string of the molecule is COC(=O)c1cc(O)c(=O)c2c(O)c(O)cc(CCO)c2c1. The van der Waals surface area contributed by atoms with Crippen molar-refractivity contribution in [1.29, 1.82) is 0 Å². The lowest BCUT2D eigenvalue weighted by atomic mass is 10.0. The Morgan fingerprint density at radius 2 is 1.82 bits per heavy atom. The molecule has 0 saturated carbocycles. The van der Waals surface area contributed by atoms with E-state index in [-0.39, 0.29) is 29.4 Å². The van der Waals surface area contributed by atoms with Gasteiger partial charge in [0.1, 0.15) is 0 Å². The van der Waals surface area contributed by atoms with Crippen molar-refractivity contribution >= 4 is 16.7 Å². The van der Waals surface area contributed by atoms with Crippen LogP contribution in [0.25, 0.3) is 10.8 Å². The zero-order valence-electron chi connectivity index (χ0n) is 11.7. The van der Waals surface area contributed by atoms with Crippen LogP contribution in [-0.2, 0) is 11.2 Å². The van der Waals surface area contributed by atoms with Crippen LogP contribution in [0.1, 0.15) is 15.9 Å². The van der Waals surface area contributed by atoms with Gasteiger partial charge in [-0.2, -0.15) is 0 Å². The summed E-state index contributed by atoms with van der Waals surface area (Å²) in [7, 11) is 1.14. The van der Waals surface area contributed by atoms with Gasteiger partial charge in [-0.05, 0) is 35.6 Å². The average molecular weight is 306 g/mol. The second-order valence-corrected chi connectivity index (χ2v) is 4.62. The molecule has 0 amide bonds. The van der Waals surface area contributed by atoms with E-state index in [1.54, 1.807) is 0 Å². The molecular weight excluding hydrogens is 292 g/mol. The van der Waals surface area contributed by atoms with Crippen molar-refractivity contribution < 1.29 is 30.0 Å². The number of aromatic hydroxyl groups is 3. The number of carbonyl (C=O) groups is 1. The molecule has 0 bridgehead atoms. The topological polar surface area (TPSA) is 124 Å². The van der Waals surface area contributed by atoms with Gasteiger partial charge in [0.15, 0.2) is 17.2 Å². The Balaban J connectivity index is 3.04. The molecule has 2 rings (SSSR count). The number of carbonyl (C=O) groups excluding carboxylic acids is 1. The minimum Gasteiger partial charge on any atom is -0.504 e. The highest BCUT2D eigenvalue weighted by atomic mass is 16.5. The van der Waals surface area contributed by atoms with Crippen molar-refractivity contribution in [2.45, 2.75) is 6.42 Å². The smallest absolute Gasteiger partial charge is 0.338 e. The van der Waals surface area contributed by atoms with Crippen molar-refractivity contribution in [1.82, 2.24) is 0 Å². The maximum atomic E-state index is 12.2. The van der Waals surface area contributed by atoms with Crippen LogP contribution >= 0.6 is 0 Å². The molecule has 2 aromatic carbocycles. The van der Waals surface area contributed by atoms with E-state index in [4.69, 9.17) is 5.11 Å². The predicted octanol–water partition coefficient (Wildman–Crippen LogP) is 0.638. The van der Waals surface area contributed by atoms with Crippen LogP contribution in [0, 0.1) is 0 Å². The maximum absolute atomic E-state index is 12.2. The standard InChI is InChI=1S/C15H14O7/c1-22-15(21)8-4-9-7(2-3-16)5-10(17)13(19)12(9)14(20)11(18)6-8/h4-6,16-17,19H,2-3H2,1H3,(H,18,20). The lowest BCUT2D eigenvalue weighted by Gasteiger charge is -2.07. The van der Waals surface area contributed by atoms with E-state index in [1.165, 1.54) is 12.1 Å². The summed E-state index contributed by atoms with van der Waals surface area (Å²) >= 11 is 0. The van der Waals surface area contributed by atoms with Gasteiger partial charge < -0.3 is 25.2 Å². The van der Waals surface area contributed by atoms with Gasteiger partial charge in [-0.3, -0.25) is 4.79 Å². The summed E-state index contributed by atoms with van der Waals surface area (Å²) in [6, 6.07) is 3.37. The number of ether oxygens (including phenoxy) is 1. The molecule has 22 heavy (non-hydrogen) atoms. The first kappa shape index (κ1) is 15.6. The van der Waals surface area contributed by atoms with Crippen molar-refractivity contribution in [2.24, 2.45) is 0 Å². The van der Waals surface area contributed by atoms with Gasteiger partial charge in [-0.15, -0.1) is 0 Å². The first-order valence-corrected chi connectivity index (χ1v) is 6.34. The largest absolute Gasteiger partial charge is 0.504 e. The summed E-state index contributed by atoms with van der Waals surface area (Å²) in [6.07, 6.45) is 0.0785. The molecule has 0 saturated heterocycles. The number of benzene rings is 1. The number of aliphatic hydroxyl groups is 1. The normalized spacial score (nSPS) is 10.6. The molecule has 4 N–H and O–H groups in total. The number of methoxy groups -OCH3 is 1. The summed E-state index contributed by atoms with van der Waals surface area (Å²) in [5.41, 5.74) is -0.709. The Morgan fingerprint density at radius 3 is 2.41 bits per heavy atom. The number of fused-ring (bicyclic) bond motifs is 1. The Bertz CT molecular complexity index is 811. The van der Waals surface area contributed by atoms with E-state index in [0.29, 0.717) is 5.56 Å². The Labute approximate surface area is 124 Å². The monoisotopic (exact) mass is 306 g/mol. The van der Waals surface area contributed by atoms with Crippen molar-refractivity contribution in [3.05, 3.63) is 39.5 Å². The van der Waals surface area contributed by atoms with Crippen LogP contribution in [0.5, 0.6) is 17.2 Å². The lowest BCUT2D eigenvalue weighted by molar-refractivity contribution is 0.0600. The number of aliphatic hydroxyl groups excluding tert-OH is 1. The Morgan fingerprint density at radius 1 is 1.14 bits per heavy atom. The third kappa shape index (κ3) is 2.53. The molecule has 116 valence electrons. The molecule has 0 aliphatic rings. The van der Waals surface area contributed by atoms with Gasteiger partial charge in [0.05, 0.1) is 18.1 Å². The van der Waals surface area contributed by atoms with Crippen LogP contribution in [0.4, 0.5) is 0 Å². The zero-order valence-corrected chi connectivity index (χ0v) is 11.7. The van der Waals surface area contributed by atoms with E-state index in [9.17, 15) is 24.9 Å². The molecular formula is C15H14O7. The van der Waals surface area contributed by atoms with Crippen molar-refractivity contribution in [3.8, 4) is 17.2 Å². The van der Waals surface area contributed by atoms with Crippen LogP contribution < -0.4 is 5.43 Å². The van der Waals surface area contributed by atoms with E-state index in [0.717, 1.165) is 13.2 Å². The van der Waals surface area contributed by atoms with Gasteiger partial charge in [0, 0.05) is 6.61 Å². The van der Waals surface area contributed by atoms with Crippen LogP contribution in [0.2, 0.25) is 0 Å². The molecule has 7 heteroatoms. The van der Waals surface area contributed by atoms with E-state index < -0.39 is 28.6 Å². The molecule has 0 unspecified atom stereocenters. The van der Waals surface area contributed by atoms with Crippen LogP contribution in [0.15, 0.2) is 23.0 Å². The van der Waals surface area contributed by atoms with Gasteiger partial charge >= 0.3 is 5.97 Å². The summed E-state index contributed by atoms with van der Waals surface area (Å²) in [4.78, 5) is 23.9. The summed E-state index contributed by atoms with van der Waals surface area (Å²) in [5, 5.41) is 38.3. The molecule has 0 aliphatic heterocycles. The van der Waals surface area contributed by atoms with Gasteiger partial charge in [-0.25, -0.2) is 4.79 Å². The van der Waals surface area contributed by atoms with Crippen molar-refractivity contribution in [3.63, 3.8) is 0 Å². The van der Waals surface area contributed by atoms with Gasteiger partial charge in [0.2, 0.25) is 5.43 Å². The number of rotatable bonds is 3. The van der Waals surface area contributed by atoms with Crippen LogP contribution in [0.3, 0.4) is 0 Å². The van der Waals surface area contributed by atoms with E-state index in [2.05, 4.69) is 4.74 Å². The number of phenolic OH excluding ortho intramolecular Hbond substituents is 2. The summed E-state index contributed by atoms with van der Waals surface area (Å²) in [6.45, 7) is -0.272. The molecule has 0 radical (unpaired) electrons. The highest BCUT2D eigenvalue weighted by Gasteiger charge is 2.18. The minimum absolute atomic E-state index is 0.0785. The fourth-order valence-corrected chi connectivity index (χ4v) is 2.22. The molecule has 0 atom stereocenters. The minimum atomic E-state index is -0.947. The fraction of sp³-hybridized carbons (Fsp3) is 0.200. The molecule has 0 spiro atoms. The number of hydrogen-bond acceptors (Lipinski definition) is 7. The number of esters is 1. The van der Waals surface area contributed by atoms with Gasteiger partial charge in [-0.1, -0.05) is 0 Å². The highest BCUT2D eigenvalue weighted by molar-refractivity contribution is 5.98. The highest BCUT2D eigenvalue weighted by Crippen LogP contribution is 2.35. The molecule has 0 heterocycles. The summed E-state index contributed by atoms with van der Waals surface area (Å²) < 4.78 is 4.56. The average Bonchev–Trinajstić information content (AvgIpc) is 2.62. The van der Waals surface area contributed by atoms with Gasteiger partial charge in [0.25, 0.3) is 0 Å². The lowest BCUT2D eigenvalue weighted by Crippen LogP contribution is -2.00. The first-order valence-electron chi connectivity index (χ1n) is 6.34. The molecule has 2 aromatic rings. The second-order valence-electron chi connectivity index (χ2n) is 4.62. The first-order chi connectivity index (χ1) is 10.4. The maximum Gasteiger partial charge on any atom is 0.338 e. The Kier molecular flexibility index (Phi) is 4.18. The third-order valence-electron chi connectivity index (χ3n) is 3.26. The van der Waals surface area contributed by atoms with Crippen molar-refractivity contribution in [2.75, 3.05) is 13.7 Å². The third-order valence-corrected chi connectivity index (χ3v) is 3.26. The zero-order chi connectivity index (χ0) is 16.4. The second kappa shape index (κ2) is 5.90. The Hall–Kier alpha value is -2.80. The predicted molar refractivity (Wildman–Crippen MR) is 77.3 cm³/mol. The van der Waals surface area contributed by atoms with E-state index in [1.807, 2.05) is 0 Å². The quantitative estimate of drug-likeness (QED) is 0.484. The summed E-state index contributed by atoms with van der Waals surface area (Å²) in [5.74, 6) is -2.82. The van der Waals surface area contributed by atoms with E-state index >= 15 is 0 Å². The molecule has 0 aliphatic carbocycles. The molecule has 7 nitrogen and oxygen atoms in total. The number of phenols is 2. The van der Waals surface area contributed by atoms with Crippen LogP contribution in [-0.4, -0.2) is 40.1 Å². The molecule has 0 fully saturated rings. The fourth-order valence-electron chi connectivity index (χ4n) is 2.22.